The number of aromatic nitrogens is 1. The van der Waals surface area contributed by atoms with Crippen LogP contribution in [-0.2, 0) is 6.54 Å². The van der Waals surface area contributed by atoms with Crippen molar-refractivity contribution >= 4 is 22.8 Å². The van der Waals surface area contributed by atoms with Gasteiger partial charge >= 0.3 is 0 Å². The predicted octanol–water partition coefficient (Wildman–Crippen LogP) is 4.35. The Balaban J connectivity index is 1.36. The van der Waals surface area contributed by atoms with E-state index >= 15 is 0 Å². The number of ketones is 1. The molecule has 0 radical (unpaired) electrons. The van der Waals surface area contributed by atoms with Crippen molar-refractivity contribution in [2.75, 3.05) is 45.3 Å². The summed E-state index contributed by atoms with van der Waals surface area (Å²) >= 11 is 1.64. The normalized spacial score (nSPS) is 14.5. The van der Waals surface area contributed by atoms with Crippen molar-refractivity contribution in [3.63, 3.8) is 0 Å². The number of rotatable bonds is 7. The molecular weight excluding hydrogens is 410 g/mol. The van der Waals surface area contributed by atoms with Gasteiger partial charge in [-0.1, -0.05) is 0 Å². The van der Waals surface area contributed by atoms with Crippen molar-refractivity contribution in [1.29, 1.82) is 0 Å². The number of carbonyl (C=O) groups is 1. The zero-order valence-corrected chi connectivity index (χ0v) is 18.9. The predicted molar refractivity (Wildman–Crippen MR) is 125 cm³/mol. The standard InChI is InChI=1S/C24H27N3O3S/c1-17(28)18-4-6-20(7-5-18)27-12-10-26(11-13-27)15-19-16-31-24(25-19)22-9-8-21(29-2)14-23(22)30-3/h4-9,14,16H,10-13,15H2,1-3H3. The number of hydrogen-bond donors (Lipinski definition) is 0. The van der Waals surface area contributed by atoms with E-state index in [4.69, 9.17) is 14.5 Å². The quantitative estimate of drug-likeness (QED) is 0.512. The number of benzene rings is 2. The van der Waals surface area contributed by atoms with E-state index in [9.17, 15) is 4.79 Å². The van der Waals surface area contributed by atoms with Crippen LogP contribution in [0.25, 0.3) is 10.6 Å². The van der Waals surface area contributed by atoms with Gasteiger partial charge < -0.3 is 14.4 Å². The number of carbonyl (C=O) groups excluding carboxylic acids is 1. The molecule has 2 aromatic carbocycles. The molecule has 2 heterocycles. The van der Waals surface area contributed by atoms with E-state index in [0.717, 1.165) is 66.1 Å². The minimum absolute atomic E-state index is 0.103. The van der Waals surface area contributed by atoms with Crippen LogP contribution in [-0.4, -0.2) is 56.1 Å². The molecule has 0 unspecified atom stereocenters. The van der Waals surface area contributed by atoms with Gasteiger partial charge in [0.25, 0.3) is 0 Å². The van der Waals surface area contributed by atoms with E-state index in [2.05, 4.69) is 15.2 Å². The zero-order chi connectivity index (χ0) is 21.8. The molecule has 1 aliphatic heterocycles. The smallest absolute Gasteiger partial charge is 0.159 e. The van der Waals surface area contributed by atoms with Gasteiger partial charge in [-0.25, -0.2) is 4.98 Å². The molecule has 0 spiro atoms. The number of anilines is 1. The third-order valence-electron chi connectivity index (χ3n) is 5.59. The Hall–Kier alpha value is -2.90. The summed E-state index contributed by atoms with van der Waals surface area (Å²) in [4.78, 5) is 21.1. The molecule has 3 aromatic rings. The second kappa shape index (κ2) is 9.49. The van der Waals surface area contributed by atoms with Crippen LogP contribution in [0.1, 0.15) is 23.0 Å². The van der Waals surface area contributed by atoms with Crippen molar-refractivity contribution in [2.45, 2.75) is 13.5 Å². The molecule has 0 atom stereocenters. The first-order valence-corrected chi connectivity index (χ1v) is 11.2. The fourth-order valence-corrected chi connectivity index (χ4v) is 4.62. The van der Waals surface area contributed by atoms with Crippen LogP contribution in [0, 0.1) is 0 Å². The van der Waals surface area contributed by atoms with Crippen molar-refractivity contribution < 1.29 is 14.3 Å². The molecule has 7 heteroatoms. The third-order valence-corrected chi connectivity index (χ3v) is 6.51. The maximum atomic E-state index is 11.5. The number of ether oxygens (including phenoxy) is 2. The Morgan fingerprint density at radius 3 is 2.42 bits per heavy atom. The van der Waals surface area contributed by atoms with Crippen LogP contribution in [0.5, 0.6) is 11.5 Å². The molecule has 6 nitrogen and oxygen atoms in total. The van der Waals surface area contributed by atoms with Crippen molar-refractivity contribution in [2.24, 2.45) is 0 Å². The van der Waals surface area contributed by atoms with Gasteiger partial charge in [0.1, 0.15) is 16.5 Å². The summed E-state index contributed by atoms with van der Waals surface area (Å²) in [6.07, 6.45) is 0. The highest BCUT2D eigenvalue weighted by Gasteiger charge is 2.19. The SMILES string of the molecule is COc1ccc(-c2nc(CN3CCN(c4ccc(C(C)=O)cc4)CC3)cs2)c(OC)c1. The lowest BCUT2D eigenvalue weighted by Gasteiger charge is -2.35. The van der Waals surface area contributed by atoms with Gasteiger partial charge in [-0.3, -0.25) is 9.69 Å². The van der Waals surface area contributed by atoms with Gasteiger partial charge in [-0.15, -0.1) is 11.3 Å². The Labute approximate surface area is 187 Å². The average molecular weight is 438 g/mol. The summed E-state index contributed by atoms with van der Waals surface area (Å²) in [5.41, 5.74) is 4.00. The Morgan fingerprint density at radius 2 is 1.77 bits per heavy atom. The molecule has 0 N–H and O–H groups in total. The molecule has 0 saturated carbocycles. The molecular formula is C24H27N3O3S. The summed E-state index contributed by atoms with van der Waals surface area (Å²) in [5.74, 6) is 1.64. The van der Waals surface area contributed by atoms with E-state index in [1.54, 1.807) is 32.5 Å². The van der Waals surface area contributed by atoms with Crippen molar-refractivity contribution in [1.82, 2.24) is 9.88 Å². The summed E-state index contributed by atoms with van der Waals surface area (Å²) < 4.78 is 10.8. The summed E-state index contributed by atoms with van der Waals surface area (Å²) in [6.45, 7) is 6.32. The second-order valence-electron chi connectivity index (χ2n) is 7.58. The number of piperazine rings is 1. The van der Waals surface area contributed by atoms with E-state index in [1.807, 2.05) is 42.5 Å². The van der Waals surface area contributed by atoms with Gasteiger partial charge in [0.05, 0.1) is 25.5 Å². The third kappa shape index (κ3) is 4.89. The molecule has 1 saturated heterocycles. The molecule has 0 bridgehead atoms. The van der Waals surface area contributed by atoms with Gasteiger partial charge in [-0.2, -0.15) is 0 Å². The fourth-order valence-electron chi connectivity index (χ4n) is 3.78. The van der Waals surface area contributed by atoms with Gasteiger partial charge in [-0.05, 0) is 43.3 Å². The maximum Gasteiger partial charge on any atom is 0.159 e. The van der Waals surface area contributed by atoms with Crippen LogP contribution in [0.2, 0.25) is 0 Å². The van der Waals surface area contributed by atoms with E-state index in [1.165, 1.54) is 5.69 Å². The van der Waals surface area contributed by atoms with Gasteiger partial charge in [0, 0.05) is 55.4 Å². The van der Waals surface area contributed by atoms with Crippen LogP contribution in [0.4, 0.5) is 5.69 Å². The highest BCUT2D eigenvalue weighted by molar-refractivity contribution is 7.13. The summed E-state index contributed by atoms with van der Waals surface area (Å²) in [6, 6.07) is 13.7. The average Bonchev–Trinajstić information content (AvgIpc) is 3.27. The van der Waals surface area contributed by atoms with Crippen LogP contribution in [0.3, 0.4) is 0 Å². The largest absolute Gasteiger partial charge is 0.497 e. The zero-order valence-electron chi connectivity index (χ0n) is 18.1. The molecule has 162 valence electrons. The fraction of sp³-hybridized carbons (Fsp3) is 0.333. The van der Waals surface area contributed by atoms with Crippen molar-refractivity contribution in [3.05, 3.63) is 59.1 Å². The molecule has 4 rings (SSSR count). The number of nitrogens with zero attached hydrogens (tertiary/aromatic N) is 3. The molecule has 31 heavy (non-hydrogen) atoms. The Morgan fingerprint density at radius 1 is 1.03 bits per heavy atom. The molecule has 1 aliphatic rings. The molecule has 1 aromatic heterocycles. The first kappa shape index (κ1) is 21.3. The highest BCUT2D eigenvalue weighted by atomic mass is 32.1. The van der Waals surface area contributed by atoms with Crippen LogP contribution in [0.15, 0.2) is 47.8 Å². The van der Waals surface area contributed by atoms with E-state index in [0.29, 0.717) is 0 Å². The van der Waals surface area contributed by atoms with Crippen LogP contribution < -0.4 is 14.4 Å². The minimum atomic E-state index is 0.103. The molecule has 1 fully saturated rings. The summed E-state index contributed by atoms with van der Waals surface area (Å²) in [5, 5.41) is 3.09. The molecule has 0 aliphatic carbocycles. The van der Waals surface area contributed by atoms with Gasteiger partial charge in [0.15, 0.2) is 5.78 Å². The number of methoxy groups -OCH3 is 2. The molecule has 0 amide bonds. The lowest BCUT2D eigenvalue weighted by molar-refractivity contribution is 0.101. The second-order valence-corrected chi connectivity index (χ2v) is 8.43. The van der Waals surface area contributed by atoms with E-state index < -0.39 is 0 Å². The lowest BCUT2D eigenvalue weighted by atomic mass is 10.1. The highest BCUT2D eigenvalue weighted by Crippen LogP contribution is 2.35. The van der Waals surface area contributed by atoms with Gasteiger partial charge in [0.2, 0.25) is 0 Å². The Kier molecular flexibility index (Phi) is 6.53. The van der Waals surface area contributed by atoms with Crippen molar-refractivity contribution in [3.8, 4) is 22.1 Å². The lowest BCUT2D eigenvalue weighted by Crippen LogP contribution is -2.46. The topological polar surface area (TPSA) is 54.9 Å². The Bertz CT molecular complexity index is 1040. The first-order chi connectivity index (χ1) is 15.1. The number of hydrogen-bond acceptors (Lipinski definition) is 7. The van der Waals surface area contributed by atoms with E-state index in [-0.39, 0.29) is 5.78 Å². The minimum Gasteiger partial charge on any atom is -0.497 e. The number of Topliss-reactive ketones (excluding diaryl/α,β-unsaturated/α-hetero) is 1. The monoisotopic (exact) mass is 437 g/mol. The maximum absolute atomic E-state index is 11.5. The first-order valence-electron chi connectivity index (χ1n) is 10.3. The summed E-state index contributed by atoms with van der Waals surface area (Å²) in [7, 11) is 3.32. The number of thiazole rings is 1. The van der Waals surface area contributed by atoms with Crippen LogP contribution >= 0.6 is 11.3 Å².